The van der Waals surface area contributed by atoms with Gasteiger partial charge in [-0.05, 0) is 24.6 Å². The molecule has 4 nitrogen and oxygen atoms in total. The highest BCUT2D eigenvalue weighted by Crippen LogP contribution is 2.22. The Morgan fingerprint density at radius 1 is 1.39 bits per heavy atom. The molecule has 94 valence electrons. The van der Waals surface area contributed by atoms with Crippen molar-refractivity contribution in [1.29, 1.82) is 0 Å². The highest BCUT2D eigenvalue weighted by Gasteiger charge is 2.25. The minimum absolute atomic E-state index is 0.0970. The number of carbonyl (C=O) groups excluding carboxylic acids is 1. The van der Waals surface area contributed by atoms with Crippen LogP contribution in [0, 0.1) is 0 Å². The van der Waals surface area contributed by atoms with E-state index in [1.807, 2.05) is 47.0 Å². The summed E-state index contributed by atoms with van der Waals surface area (Å²) < 4.78 is 2.03. The maximum Gasteiger partial charge on any atom is 0.254 e. The van der Waals surface area contributed by atoms with Crippen molar-refractivity contribution in [3.05, 3.63) is 36.0 Å². The van der Waals surface area contributed by atoms with E-state index in [9.17, 15) is 4.79 Å². The Kier molecular flexibility index (Phi) is 2.59. The summed E-state index contributed by atoms with van der Waals surface area (Å²) >= 11 is 0. The first-order chi connectivity index (χ1) is 8.66. The second kappa shape index (κ2) is 4.14. The number of aromatic nitrogens is 1. The monoisotopic (exact) mass is 243 g/mol. The molecule has 1 aliphatic heterocycles. The lowest BCUT2D eigenvalue weighted by atomic mass is 10.1. The van der Waals surface area contributed by atoms with Gasteiger partial charge in [-0.15, -0.1) is 0 Å². The largest absolute Gasteiger partial charge is 0.351 e. The summed E-state index contributed by atoms with van der Waals surface area (Å²) in [5.41, 5.74) is 7.73. The van der Waals surface area contributed by atoms with Gasteiger partial charge in [0.2, 0.25) is 0 Å². The van der Waals surface area contributed by atoms with E-state index in [2.05, 4.69) is 0 Å². The summed E-state index contributed by atoms with van der Waals surface area (Å²) in [5, 5.41) is 1.02. The molecule has 1 fully saturated rings. The number of nitrogens with zero attached hydrogens (tertiary/aromatic N) is 2. The molecule has 3 rings (SSSR count). The van der Waals surface area contributed by atoms with Crippen LogP contribution in [-0.2, 0) is 7.05 Å². The van der Waals surface area contributed by atoms with Gasteiger partial charge in [0.05, 0.1) is 0 Å². The van der Waals surface area contributed by atoms with Gasteiger partial charge in [0, 0.05) is 48.8 Å². The van der Waals surface area contributed by atoms with E-state index in [0.717, 1.165) is 29.4 Å². The summed E-state index contributed by atoms with van der Waals surface area (Å²) in [6, 6.07) is 7.99. The standard InChI is InChI=1S/C14H17N3O/c1-16-7-6-11-12(3-2-4-13(11)16)14(18)17-8-5-10(15)9-17/h2-4,6-7,10H,5,8-9,15H2,1H3. The molecule has 4 heteroatoms. The highest BCUT2D eigenvalue weighted by molar-refractivity contribution is 6.06. The smallest absolute Gasteiger partial charge is 0.254 e. The Morgan fingerprint density at radius 3 is 2.94 bits per heavy atom. The number of amides is 1. The number of rotatable bonds is 1. The topological polar surface area (TPSA) is 51.3 Å². The van der Waals surface area contributed by atoms with Crippen LogP contribution in [0.1, 0.15) is 16.8 Å². The van der Waals surface area contributed by atoms with Crippen molar-refractivity contribution in [1.82, 2.24) is 9.47 Å². The normalized spacial score (nSPS) is 19.7. The Bertz CT molecular complexity index is 602. The lowest BCUT2D eigenvalue weighted by Crippen LogP contribution is -2.31. The molecule has 0 radical (unpaired) electrons. The Hall–Kier alpha value is -1.81. The molecule has 0 spiro atoms. The van der Waals surface area contributed by atoms with Crippen LogP contribution < -0.4 is 5.73 Å². The van der Waals surface area contributed by atoms with Crippen molar-refractivity contribution in [2.45, 2.75) is 12.5 Å². The number of nitrogens with two attached hydrogens (primary N) is 1. The first-order valence-corrected chi connectivity index (χ1v) is 6.26. The van der Waals surface area contributed by atoms with Crippen LogP contribution in [0.25, 0.3) is 10.9 Å². The summed E-state index contributed by atoms with van der Waals surface area (Å²) in [6.45, 7) is 1.44. The van der Waals surface area contributed by atoms with Gasteiger partial charge in [0.15, 0.2) is 0 Å². The van der Waals surface area contributed by atoms with Gasteiger partial charge in [-0.25, -0.2) is 0 Å². The van der Waals surface area contributed by atoms with E-state index in [1.54, 1.807) is 0 Å². The molecule has 0 bridgehead atoms. The fourth-order valence-corrected chi connectivity index (χ4v) is 2.63. The Morgan fingerprint density at radius 2 is 2.22 bits per heavy atom. The quantitative estimate of drug-likeness (QED) is 0.822. The molecule has 1 aliphatic rings. The molecular weight excluding hydrogens is 226 g/mol. The SMILES string of the molecule is Cn1ccc2c(C(=O)N3CCC(N)C3)cccc21. The second-order valence-electron chi connectivity index (χ2n) is 4.96. The van der Waals surface area contributed by atoms with Gasteiger partial charge in [-0.3, -0.25) is 4.79 Å². The highest BCUT2D eigenvalue weighted by atomic mass is 16.2. The molecule has 0 aliphatic carbocycles. The molecule has 1 atom stereocenters. The molecular formula is C14H17N3O. The molecule has 1 aromatic heterocycles. The molecule has 1 saturated heterocycles. The van der Waals surface area contributed by atoms with Crippen LogP contribution in [0.15, 0.2) is 30.5 Å². The van der Waals surface area contributed by atoms with Crippen molar-refractivity contribution < 1.29 is 4.79 Å². The Balaban J connectivity index is 2.01. The average molecular weight is 243 g/mol. The third-order valence-corrected chi connectivity index (χ3v) is 3.67. The maximum atomic E-state index is 12.5. The predicted octanol–water partition coefficient (Wildman–Crippen LogP) is 1.35. The first-order valence-electron chi connectivity index (χ1n) is 6.26. The van der Waals surface area contributed by atoms with E-state index in [4.69, 9.17) is 5.73 Å². The number of likely N-dealkylation sites (tertiary alicyclic amines) is 1. The van der Waals surface area contributed by atoms with E-state index >= 15 is 0 Å². The number of fused-ring (bicyclic) bond motifs is 1. The van der Waals surface area contributed by atoms with Gasteiger partial charge in [-0.1, -0.05) is 6.07 Å². The summed E-state index contributed by atoms with van der Waals surface area (Å²) in [6.07, 6.45) is 2.88. The van der Waals surface area contributed by atoms with Crippen LogP contribution in [0.2, 0.25) is 0 Å². The number of hydrogen-bond donors (Lipinski definition) is 1. The molecule has 18 heavy (non-hydrogen) atoms. The van der Waals surface area contributed by atoms with E-state index in [1.165, 1.54) is 0 Å². The average Bonchev–Trinajstić information content (AvgIpc) is 2.96. The lowest BCUT2D eigenvalue weighted by Gasteiger charge is -2.16. The van der Waals surface area contributed by atoms with Crippen LogP contribution in [0.4, 0.5) is 0 Å². The maximum absolute atomic E-state index is 12.5. The summed E-state index contributed by atoms with van der Waals surface area (Å²) in [7, 11) is 1.99. The zero-order valence-electron chi connectivity index (χ0n) is 10.5. The number of aryl methyl sites for hydroxylation is 1. The zero-order chi connectivity index (χ0) is 12.7. The van der Waals surface area contributed by atoms with Crippen molar-refractivity contribution in [3.63, 3.8) is 0 Å². The Labute approximate surface area is 106 Å². The minimum atomic E-state index is 0.0970. The number of hydrogen-bond acceptors (Lipinski definition) is 2. The number of benzene rings is 1. The molecule has 2 N–H and O–H groups in total. The third kappa shape index (κ3) is 1.69. The molecule has 1 amide bonds. The van der Waals surface area contributed by atoms with Gasteiger partial charge >= 0.3 is 0 Å². The van der Waals surface area contributed by atoms with Crippen molar-refractivity contribution in [2.24, 2.45) is 12.8 Å². The van der Waals surface area contributed by atoms with Crippen LogP contribution in [0.5, 0.6) is 0 Å². The van der Waals surface area contributed by atoms with Crippen molar-refractivity contribution in [3.8, 4) is 0 Å². The molecule has 2 aromatic rings. The summed E-state index contributed by atoms with van der Waals surface area (Å²) in [4.78, 5) is 14.3. The molecule has 0 saturated carbocycles. The van der Waals surface area contributed by atoms with Gasteiger partial charge in [0.25, 0.3) is 5.91 Å². The van der Waals surface area contributed by atoms with E-state index < -0.39 is 0 Å². The van der Waals surface area contributed by atoms with Crippen LogP contribution >= 0.6 is 0 Å². The van der Waals surface area contributed by atoms with Crippen LogP contribution in [0.3, 0.4) is 0 Å². The van der Waals surface area contributed by atoms with E-state index in [0.29, 0.717) is 6.54 Å². The molecule has 1 unspecified atom stereocenters. The first kappa shape index (κ1) is 11.3. The fraction of sp³-hybridized carbons (Fsp3) is 0.357. The van der Waals surface area contributed by atoms with Gasteiger partial charge in [-0.2, -0.15) is 0 Å². The van der Waals surface area contributed by atoms with Crippen molar-refractivity contribution >= 4 is 16.8 Å². The third-order valence-electron chi connectivity index (χ3n) is 3.67. The molecule has 1 aromatic carbocycles. The summed E-state index contributed by atoms with van der Waals surface area (Å²) in [5.74, 6) is 0.0970. The van der Waals surface area contributed by atoms with E-state index in [-0.39, 0.29) is 11.9 Å². The minimum Gasteiger partial charge on any atom is -0.351 e. The van der Waals surface area contributed by atoms with Crippen LogP contribution in [-0.4, -0.2) is 34.5 Å². The number of carbonyl (C=O) groups is 1. The second-order valence-corrected chi connectivity index (χ2v) is 4.96. The fourth-order valence-electron chi connectivity index (χ4n) is 2.63. The zero-order valence-corrected chi connectivity index (χ0v) is 10.5. The van der Waals surface area contributed by atoms with Crippen molar-refractivity contribution in [2.75, 3.05) is 13.1 Å². The molecule has 2 heterocycles. The van der Waals surface area contributed by atoms with Gasteiger partial charge in [0.1, 0.15) is 0 Å². The lowest BCUT2D eigenvalue weighted by molar-refractivity contribution is 0.0793. The predicted molar refractivity (Wildman–Crippen MR) is 71.4 cm³/mol. The van der Waals surface area contributed by atoms with Gasteiger partial charge < -0.3 is 15.2 Å².